The summed E-state index contributed by atoms with van der Waals surface area (Å²) in [4.78, 5) is 26.7. The molecule has 0 radical (unpaired) electrons. The lowest BCUT2D eigenvalue weighted by Crippen LogP contribution is -2.50. The summed E-state index contributed by atoms with van der Waals surface area (Å²) >= 11 is 0. The minimum absolute atomic E-state index is 0.187. The predicted molar refractivity (Wildman–Crippen MR) is 89.7 cm³/mol. The lowest BCUT2D eigenvalue weighted by atomic mass is 9.72. The molecule has 1 aromatic rings. The molecular formula is C19H25NO4. The number of likely N-dealkylation sites (tertiary alicyclic amines) is 1. The molecule has 1 aliphatic carbocycles. The largest absolute Gasteiger partial charge is 0.481 e. The van der Waals surface area contributed by atoms with Crippen LogP contribution in [0.15, 0.2) is 30.3 Å². The highest BCUT2D eigenvalue weighted by Crippen LogP contribution is 2.51. The van der Waals surface area contributed by atoms with E-state index in [2.05, 4.69) is 0 Å². The summed E-state index contributed by atoms with van der Waals surface area (Å²) in [6.07, 6.45) is 3.56. The highest BCUT2D eigenvalue weighted by molar-refractivity contribution is 5.86. The molecule has 1 saturated carbocycles. The second kappa shape index (κ2) is 6.55. The Labute approximate surface area is 142 Å². The van der Waals surface area contributed by atoms with Gasteiger partial charge in [-0.3, -0.25) is 9.59 Å². The van der Waals surface area contributed by atoms with Crippen LogP contribution in [0.5, 0.6) is 0 Å². The van der Waals surface area contributed by atoms with Crippen LogP contribution in [0.4, 0.5) is 0 Å². The van der Waals surface area contributed by atoms with Crippen molar-refractivity contribution >= 4 is 11.9 Å². The Morgan fingerprint density at radius 3 is 2.25 bits per heavy atom. The molecule has 2 aliphatic rings. The Hall–Kier alpha value is -1.88. The second-order valence-corrected chi connectivity index (χ2v) is 7.07. The van der Waals surface area contributed by atoms with Crippen LogP contribution in [0.25, 0.3) is 0 Å². The number of aliphatic carboxylic acids is 1. The zero-order chi connectivity index (χ0) is 17.2. The van der Waals surface area contributed by atoms with Gasteiger partial charge in [-0.15, -0.1) is 0 Å². The van der Waals surface area contributed by atoms with E-state index in [1.54, 1.807) is 7.11 Å². The molecule has 1 amide bonds. The van der Waals surface area contributed by atoms with Gasteiger partial charge in [0, 0.05) is 26.8 Å². The number of hydrogen-bond donors (Lipinski definition) is 1. The molecule has 0 spiro atoms. The number of amides is 1. The zero-order valence-electron chi connectivity index (χ0n) is 14.2. The standard InChI is InChI=1S/C19H25NO4/c1-24-14-11-18(7-8-18)16(21)20-12-9-19(10-13-20,17(22)23)15-5-3-2-4-6-15/h2-6H,7-14H2,1H3,(H,22,23). The summed E-state index contributed by atoms with van der Waals surface area (Å²) in [5, 5.41) is 9.84. The molecular weight excluding hydrogens is 306 g/mol. The van der Waals surface area contributed by atoms with E-state index >= 15 is 0 Å². The van der Waals surface area contributed by atoms with Gasteiger partial charge in [0.1, 0.15) is 0 Å². The van der Waals surface area contributed by atoms with Crippen molar-refractivity contribution in [3.63, 3.8) is 0 Å². The number of rotatable bonds is 6. The first-order valence-electron chi connectivity index (χ1n) is 8.61. The van der Waals surface area contributed by atoms with E-state index in [1.165, 1.54) is 0 Å². The van der Waals surface area contributed by atoms with Gasteiger partial charge in [-0.2, -0.15) is 0 Å². The molecule has 0 aromatic heterocycles. The van der Waals surface area contributed by atoms with Gasteiger partial charge in [0.25, 0.3) is 0 Å². The average molecular weight is 331 g/mol. The molecule has 130 valence electrons. The number of piperidine rings is 1. The van der Waals surface area contributed by atoms with Crippen molar-refractivity contribution in [3.8, 4) is 0 Å². The lowest BCUT2D eigenvalue weighted by molar-refractivity contribution is -0.149. The summed E-state index contributed by atoms with van der Waals surface area (Å²) < 4.78 is 5.13. The van der Waals surface area contributed by atoms with E-state index in [4.69, 9.17) is 4.74 Å². The van der Waals surface area contributed by atoms with Crippen LogP contribution in [0, 0.1) is 5.41 Å². The van der Waals surface area contributed by atoms with E-state index in [1.807, 2.05) is 35.2 Å². The molecule has 24 heavy (non-hydrogen) atoms. The molecule has 1 N–H and O–H groups in total. The molecule has 5 nitrogen and oxygen atoms in total. The van der Waals surface area contributed by atoms with Crippen molar-refractivity contribution in [1.29, 1.82) is 0 Å². The van der Waals surface area contributed by atoms with Gasteiger partial charge in [-0.25, -0.2) is 0 Å². The number of carboxylic acid groups (broad SMARTS) is 1. The van der Waals surface area contributed by atoms with Crippen molar-refractivity contribution in [2.75, 3.05) is 26.8 Å². The maximum Gasteiger partial charge on any atom is 0.314 e. The zero-order valence-corrected chi connectivity index (χ0v) is 14.2. The Bertz CT molecular complexity index is 601. The van der Waals surface area contributed by atoms with E-state index in [-0.39, 0.29) is 11.3 Å². The van der Waals surface area contributed by atoms with Crippen molar-refractivity contribution in [3.05, 3.63) is 35.9 Å². The topological polar surface area (TPSA) is 66.8 Å². The number of methoxy groups -OCH3 is 1. The van der Waals surface area contributed by atoms with Crippen LogP contribution in [0.2, 0.25) is 0 Å². The van der Waals surface area contributed by atoms with Gasteiger partial charge >= 0.3 is 5.97 Å². The number of hydrogen-bond acceptors (Lipinski definition) is 3. The fraction of sp³-hybridized carbons (Fsp3) is 0.579. The third kappa shape index (κ3) is 2.93. The van der Waals surface area contributed by atoms with Gasteiger partial charge in [-0.05, 0) is 37.7 Å². The Balaban J connectivity index is 1.70. The van der Waals surface area contributed by atoms with Crippen molar-refractivity contribution in [2.45, 2.75) is 37.5 Å². The highest BCUT2D eigenvalue weighted by Gasteiger charge is 2.53. The van der Waals surface area contributed by atoms with E-state index in [0.29, 0.717) is 32.5 Å². The normalized spacial score (nSPS) is 21.3. The third-order valence-corrected chi connectivity index (χ3v) is 5.73. The van der Waals surface area contributed by atoms with Gasteiger partial charge < -0.3 is 14.7 Å². The monoisotopic (exact) mass is 331 g/mol. The number of nitrogens with zero attached hydrogens (tertiary/aromatic N) is 1. The summed E-state index contributed by atoms with van der Waals surface area (Å²) in [6, 6.07) is 9.41. The maximum absolute atomic E-state index is 12.8. The molecule has 1 saturated heterocycles. The quantitative estimate of drug-likeness (QED) is 0.869. The summed E-state index contributed by atoms with van der Waals surface area (Å²) in [7, 11) is 1.66. The SMILES string of the molecule is COCCC1(C(=O)N2CCC(C(=O)O)(c3ccccc3)CC2)CC1. The van der Waals surface area contributed by atoms with Gasteiger partial charge in [0.2, 0.25) is 5.91 Å². The van der Waals surface area contributed by atoms with E-state index < -0.39 is 11.4 Å². The molecule has 1 aromatic carbocycles. The number of ether oxygens (including phenoxy) is 1. The van der Waals surface area contributed by atoms with Crippen molar-refractivity contribution < 1.29 is 19.4 Å². The molecule has 0 unspecified atom stereocenters. The van der Waals surface area contributed by atoms with E-state index in [0.717, 1.165) is 24.8 Å². The number of benzene rings is 1. The summed E-state index contributed by atoms with van der Waals surface area (Å²) in [5.41, 5.74) is -0.280. The van der Waals surface area contributed by atoms with Crippen LogP contribution in [0.3, 0.4) is 0 Å². The fourth-order valence-electron chi connectivity index (χ4n) is 3.83. The fourth-order valence-corrected chi connectivity index (χ4v) is 3.83. The Morgan fingerprint density at radius 1 is 1.12 bits per heavy atom. The van der Waals surface area contributed by atoms with Crippen molar-refractivity contribution in [2.24, 2.45) is 5.41 Å². The first kappa shape index (κ1) is 17.0. The molecule has 1 aliphatic heterocycles. The Morgan fingerprint density at radius 2 is 1.75 bits per heavy atom. The smallest absolute Gasteiger partial charge is 0.314 e. The first-order chi connectivity index (χ1) is 11.5. The molecule has 2 fully saturated rings. The average Bonchev–Trinajstić information content (AvgIpc) is 3.41. The number of carbonyl (C=O) groups excluding carboxylic acids is 1. The minimum atomic E-state index is -0.874. The number of carbonyl (C=O) groups is 2. The second-order valence-electron chi connectivity index (χ2n) is 7.07. The molecule has 0 atom stereocenters. The summed E-state index contributed by atoms with van der Waals surface area (Å²) in [5.74, 6) is -0.604. The highest BCUT2D eigenvalue weighted by atomic mass is 16.5. The van der Waals surface area contributed by atoms with Gasteiger partial charge in [-0.1, -0.05) is 30.3 Å². The van der Waals surface area contributed by atoms with Crippen LogP contribution < -0.4 is 0 Å². The predicted octanol–water partition coefficient (Wildman–Crippen LogP) is 2.45. The Kier molecular flexibility index (Phi) is 4.63. The third-order valence-electron chi connectivity index (χ3n) is 5.73. The van der Waals surface area contributed by atoms with Crippen LogP contribution >= 0.6 is 0 Å². The molecule has 0 bridgehead atoms. The van der Waals surface area contributed by atoms with Gasteiger partial charge in [0.05, 0.1) is 10.8 Å². The summed E-state index contributed by atoms with van der Waals surface area (Å²) in [6.45, 7) is 1.62. The van der Waals surface area contributed by atoms with Crippen molar-refractivity contribution in [1.82, 2.24) is 4.90 Å². The van der Waals surface area contributed by atoms with Crippen LogP contribution in [-0.4, -0.2) is 48.7 Å². The lowest BCUT2D eigenvalue weighted by Gasteiger charge is -2.40. The maximum atomic E-state index is 12.8. The minimum Gasteiger partial charge on any atom is -0.481 e. The first-order valence-corrected chi connectivity index (χ1v) is 8.61. The van der Waals surface area contributed by atoms with Crippen LogP contribution in [0.1, 0.15) is 37.7 Å². The molecule has 3 rings (SSSR count). The van der Waals surface area contributed by atoms with E-state index in [9.17, 15) is 14.7 Å². The molecule has 1 heterocycles. The van der Waals surface area contributed by atoms with Crippen LogP contribution in [-0.2, 0) is 19.7 Å². The van der Waals surface area contributed by atoms with Gasteiger partial charge in [0.15, 0.2) is 0 Å². The molecule has 5 heteroatoms. The number of carboxylic acids is 1.